The van der Waals surface area contributed by atoms with E-state index in [9.17, 15) is 34.8 Å². The second-order valence-corrected chi connectivity index (χ2v) is 8.64. The van der Waals surface area contributed by atoms with Gasteiger partial charge in [-0.25, -0.2) is 0 Å². The van der Waals surface area contributed by atoms with Gasteiger partial charge in [-0.05, 0) is 44.5 Å². The minimum absolute atomic E-state index is 0.0782. The average molecular weight is 416 g/mol. The third kappa shape index (κ3) is 2.49. The molecule has 0 bridgehead atoms. The lowest BCUT2D eigenvalue weighted by atomic mass is 9.54. The average Bonchev–Trinajstić information content (AvgIpc) is 2.64. The molecule has 30 heavy (non-hydrogen) atoms. The van der Waals surface area contributed by atoms with Gasteiger partial charge in [-0.2, -0.15) is 0 Å². The number of amides is 1. The van der Waals surface area contributed by atoms with E-state index in [1.54, 1.807) is 26.2 Å². The maximum Gasteiger partial charge on any atom is 0.255 e. The summed E-state index contributed by atoms with van der Waals surface area (Å²) in [4.78, 5) is 39.5. The number of carbonyl (C=O) groups excluding carboxylic acids is 3. The van der Waals surface area contributed by atoms with Gasteiger partial charge in [-0.1, -0.05) is 12.1 Å². The summed E-state index contributed by atoms with van der Waals surface area (Å²) in [6.45, 7) is 0. The molecular formula is C21H24N2O7. The van der Waals surface area contributed by atoms with Gasteiger partial charge in [0.15, 0.2) is 17.2 Å². The highest BCUT2D eigenvalue weighted by Gasteiger charge is 2.65. The van der Waals surface area contributed by atoms with Crippen LogP contribution in [0.15, 0.2) is 29.5 Å². The van der Waals surface area contributed by atoms with Crippen molar-refractivity contribution in [3.8, 4) is 5.75 Å². The molecule has 6 atom stereocenters. The fourth-order valence-electron chi connectivity index (χ4n) is 5.63. The maximum absolute atomic E-state index is 13.2. The predicted molar refractivity (Wildman–Crippen MR) is 104 cm³/mol. The Hall–Kier alpha value is -2.75. The standard InChI is InChI=1S/C21H24N2O7/c1-23(2)15-10-7-9-6-8-4-3-5-11(24)12(8)16(25)13(9)18(27)21(10,30)19(28)14(17(15)26)20(22)29/h3-5,9-10,13,15,18,24,27-28,30H,6-7H2,1-2H3,(H2,22,29)/t9?,10?,13?,15?,18?,21-/m0/s1. The Bertz CT molecular complexity index is 1000. The number of aliphatic hydroxyl groups excluding tert-OH is 2. The zero-order valence-electron chi connectivity index (χ0n) is 16.6. The second-order valence-electron chi connectivity index (χ2n) is 8.64. The van der Waals surface area contributed by atoms with Gasteiger partial charge in [0.2, 0.25) is 0 Å². The van der Waals surface area contributed by atoms with E-state index in [-0.39, 0.29) is 17.7 Å². The van der Waals surface area contributed by atoms with Crippen molar-refractivity contribution in [3.05, 3.63) is 40.7 Å². The van der Waals surface area contributed by atoms with E-state index in [4.69, 9.17) is 5.73 Å². The first-order valence-electron chi connectivity index (χ1n) is 9.71. The van der Waals surface area contributed by atoms with E-state index >= 15 is 0 Å². The van der Waals surface area contributed by atoms with Gasteiger partial charge < -0.3 is 26.2 Å². The fraction of sp³-hybridized carbons (Fsp3) is 0.476. The number of nitrogens with zero attached hydrogens (tertiary/aromatic N) is 1. The third-order valence-electron chi connectivity index (χ3n) is 6.90. The molecule has 1 amide bonds. The molecule has 1 saturated carbocycles. The monoisotopic (exact) mass is 416 g/mol. The molecule has 0 saturated heterocycles. The highest BCUT2D eigenvalue weighted by Crippen LogP contribution is 2.53. The molecule has 9 heteroatoms. The van der Waals surface area contributed by atoms with Crippen molar-refractivity contribution in [3.63, 3.8) is 0 Å². The van der Waals surface area contributed by atoms with E-state index in [0.717, 1.165) is 0 Å². The van der Waals surface area contributed by atoms with Gasteiger partial charge >= 0.3 is 0 Å². The Morgan fingerprint density at radius 1 is 1.20 bits per heavy atom. The lowest BCUT2D eigenvalue weighted by molar-refractivity contribution is -0.183. The van der Waals surface area contributed by atoms with Gasteiger partial charge in [-0.3, -0.25) is 19.3 Å². The summed E-state index contributed by atoms with van der Waals surface area (Å²) in [6, 6.07) is 3.68. The Labute approximate surface area is 172 Å². The summed E-state index contributed by atoms with van der Waals surface area (Å²) in [7, 11) is 3.17. The zero-order chi connectivity index (χ0) is 22.1. The molecule has 1 aromatic carbocycles. The second kappa shape index (κ2) is 6.63. The van der Waals surface area contributed by atoms with Crippen LogP contribution in [0.1, 0.15) is 22.3 Å². The van der Waals surface area contributed by atoms with Crippen LogP contribution in [0.3, 0.4) is 0 Å². The van der Waals surface area contributed by atoms with E-state index in [0.29, 0.717) is 12.0 Å². The van der Waals surface area contributed by atoms with E-state index in [1.165, 1.54) is 11.0 Å². The molecule has 6 N–H and O–H groups in total. The number of benzene rings is 1. The summed E-state index contributed by atoms with van der Waals surface area (Å²) < 4.78 is 0. The minimum Gasteiger partial charge on any atom is -0.508 e. The molecule has 3 aliphatic rings. The van der Waals surface area contributed by atoms with Crippen molar-refractivity contribution in [2.75, 3.05) is 14.1 Å². The summed E-state index contributed by atoms with van der Waals surface area (Å²) >= 11 is 0. The number of phenolic OH excluding ortho intramolecular Hbond substituents is 1. The molecule has 9 nitrogen and oxygen atoms in total. The molecule has 5 unspecified atom stereocenters. The van der Waals surface area contributed by atoms with Crippen molar-refractivity contribution in [2.45, 2.75) is 30.6 Å². The number of nitrogens with two attached hydrogens (primary N) is 1. The number of likely N-dealkylation sites (N-methyl/N-ethyl adjacent to an activating group) is 1. The fourth-order valence-corrected chi connectivity index (χ4v) is 5.63. The Morgan fingerprint density at radius 2 is 1.87 bits per heavy atom. The Morgan fingerprint density at radius 3 is 2.47 bits per heavy atom. The summed E-state index contributed by atoms with van der Waals surface area (Å²) in [5.74, 6) is -6.24. The van der Waals surface area contributed by atoms with Gasteiger partial charge in [0.1, 0.15) is 23.2 Å². The van der Waals surface area contributed by atoms with Crippen molar-refractivity contribution >= 4 is 17.5 Å². The number of hydrogen-bond acceptors (Lipinski definition) is 8. The van der Waals surface area contributed by atoms with Gasteiger partial charge in [-0.15, -0.1) is 0 Å². The lowest BCUT2D eigenvalue weighted by Gasteiger charge is -2.55. The molecule has 0 radical (unpaired) electrons. The third-order valence-corrected chi connectivity index (χ3v) is 6.90. The van der Waals surface area contributed by atoms with Gasteiger partial charge in [0.05, 0.1) is 17.5 Å². The number of primary amides is 1. The number of ketones is 2. The van der Waals surface area contributed by atoms with Crippen LogP contribution >= 0.6 is 0 Å². The van der Waals surface area contributed by atoms with Crippen LogP contribution < -0.4 is 5.73 Å². The molecule has 1 fully saturated rings. The smallest absolute Gasteiger partial charge is 0.255 e. The van der Waals surface area contributed by atoms with Crippen molar-refractivity contribution in [1.82, 2.24) is 4.90 Å². The minimum atomic E-state index is -2.41. The number of fused-ring (bicyclic) bond motifs is 3. The van der Waals surface area contributed by atoms with Crippen LogP contribution in [0.5, 0.6) is 5.75 Å². The lowest BCUT2D eigenvalue weighted by Crippen LogP contribution is -2.69. The van der Waals surface area contributed by atoms with Gasteiger partial charge in [0.25, 0.3) is 5.91 Å². The van der Waals surface area contributed by atoms with Crippen LogP contribution in [0.4, 0.5) is 0 Å². The molecule has 0 aliphatic heterocycles. The molecule has 0 heterocycles. The van der Waals surface area contributed by atoms with Crippen LogP contribution in [0.2, 0.25) is 0 Å². The number of hydrogen-bond donors (Lipinski definition) is 5. The molecule has 0 aromatic heterocycles. The number of Topliss-reactive ketones (excluding diaryl/α,β-unsaturated/α-hetero) is 2. The van der Waals surface area contributed by atoms with Crippen LogP contribution in [-0.4, -0.2) is 74.6 Å². The Kier molecular flexibility index (Phi) is 4.53. The largest absolute Gasteiger partial charge is 0.508 e. The maximum atomic E-state index is 13.2. The van der Waals surface area contributed by atoms with Crippen molar-refractivity contribution < 1.29 is 34.8 Å². The van der Waals surface area contributed by atoms with Crippen LogP contribution in [-0.2, 0) is 16.0 Å². The summed E-state index contributed by atoms with van der Waals surface area (Å²) in [5.41, 5.74) is 2.82. The molecule has 3 aliphatic carbocycles. The number of phenols is 1. The molecule has 160 valence electrons. The van der Waals surface area contributed by atoms with Crippen molar-refractivity contribution in [1.29, 1.82) is 0 Å². The molecule has 0 spiro atoms. The first-order chi connectivity index (χ1) is 14.0. The topological polar surface area (TPSA) is 161 Å². The summed E-state index contributed by atoms with van der Waals surface area (Å²) in [6.07, 6.45) is -1.30. The summed E-state index contributed by atoms with van der Waals surface area (Å²) in [5, 5.41) is 43.6. The quantitative estimate of drug-likeness (QED) is 0.395. The normalized spacial score (nSPS) is 35.7. The van der Waals surface area contributed by atoms with Crippen LogP contribution in [0.25, 0.3) is 0 Å². The number of aromatic hydroxyl groups is 1. The van der Waals surface area contributed by atoms with E-state index in [2.05, 4.69) is 0 Å². The molecular weight excluding hydrogens is 392 g/mol. The highest BCUT2D eigenvalue weighted by atomic mass is 16.4. The zero-order valence-corrected chi connectivity index (χ0v) is 16.6. The highest BCUT2D eigenvalue weighted by molar-refractivity contribution is 6.22. The van der Waals surface area contributed by atoms with E-state index < -0.39 is 64.3 Å². The first-order valence-corrected chi connectivity index (χ1v) is 9.71. The predicted octanol–water partition coefficient (Wildman–Crippen LogP) is -0.714. The molecule has 1 aromatic rings. The van der Waals surface area contributed by atoms with Gasteiger partial charge in [0, 0.05) is 5.92 Å². The SMILES string of the molecule is CN(C)C1C(=O)C(C(N)=O)=C(O)[C@@]2(O)C(O)C3C(=O)c4c(O)cccc4CC3CC12. The van der Waals surface area contributed by atoms with Crippen molar-refractivity contribution in [2.24, 2.45) is 23.5 Å². The van der Waals surface area contributed by atoms with Crippen LogP contribution in [0, 0.1) is 17.8 Å². The first kappa shape index (κ1) is 20.5. The van der Waals surface area contributed by atoms with E-state index in [1.807, 2.05) is 0 Å². The number of carbonyl (C=O) groups is 3. The number of rotatable bonds is 2. The Balaban J connectivity index is 1.90. The number of aliphatic hydroxyl groups is 3. The molecule has 4 rings (SSSR count).